The molecule has 0 aliphatic rings. The molecule has 0 spiro atoms. The van der Waals surface area contributed by atoms with Crippen molar-refractivity contribution in [2.75, 3.05) is 11.9 Å². The minimum Gasteiger partial charge on any atom is -0.476 e. The van der Waals surface area contributed by atoms with E-state index in [2.05, 4.69) is 41.0 Å². The van der Waals surface area contributed by atoms with Gasteiger partial charge in [-0.3, -0.25) is 0 Å². The summed E-state index contributed by atoms with van der Waals surface area (Å²) in [6.07, 6.45) is 4.84. The third-order valence-corrected chi connectivity index (χ3v) is 4.22. The van der Waals surface area contributed by atoms with Crippen LogP contribution in [-0.2, 0) is 6.54 Å². The van der Waals surface area contributed by atoms with E-state index in [0.717, 1.165) is 31.5 Å². The van der Waals surface area contributed by atoms with Gasteiger partial charge in [0, 0.05) is 12.2 Å². The number of nitrogens with zero attached hydrogens (tertiary/aromatic N) is 4. The number of rotatable bonds is 9. The molecule has 0 fully saturated rings. The molecular formula is C20H26FN5O. The Morgan fingerprint density at radius 2 is 1.96 bits per heavy atom. The second-order valence-corrected chi connectivity index (χ2v) is 6.98. The summed E-state index contributed by atoms with van der Waals surface area (Å²) >= 11 is 0. The van der Waals surface area contributed by atoms with Crippen LogP contribution in [0.1, 0.15) is 40.0 Å². The van der Waals surface area contributed by atoms with Gasteiger partial charge < -0.3 is 14.6 Å². The Kier molecular flexibility index (Phi) is 6.21. The molecule has 3 aromatic rings. The lowest BCUT2D eigenvalue weighted by Gasteiger charge is -2.11. The first-order valence-electron chi connectivity index (χ1n) is 9.45. The number of ether oxygens (including phenoxy) is 1. The maximum absolute atomic E-state index is 13.1. The van der Waals surface area contributed by atoms with Crippen LogP contribution in [0.2, 0.25) is 0 Å². The van der Waals surface area contributed by atoms with Crippen molar-refractivity contribution in [3.05, 3.63) is 36.4 Å². The summed E-state index contributed by atoms with van der Waals surface area (Å²) in [5.74, 6) is 1.14. The summed E-state index contributed by atoms with van der Waals surface area (Å²) < 4.78 is 21.1. The summed E-state index contributed by atoms with van der Waals surface area (Å²) in [6.45, 7) is 7.86. The molecular weight excluding hydrogens is 345 g/mol. The number of anilines is 2. The van der Waals surface area contributed by atoms with E-state index >= 15 is 0 Å². The molecule has 144 valence electrons. The highest BCUT2D eigenvalue weighted by Crippen LogP contribution is 2.25. The van der Waals surface area contributed by atoms with Gasteiger partial charge >= 0.3 is 0 Å². The Labute approximate surface area is 158 Å². The first kappa shape index (κ1) is 19.1. The first-order chi connectivity index (χ1) is 13.1. The Bertz CT molecular complexity index is 876. The second kappa shape index (κ2) is 8.79. The number of fused-ring (bicyclic) bond motifs is 1. The van der Waals surface area contributed by atoms with Gasteiger partial charge in [-0.2, -0.15) is 9.97 Å². The zero-order valence-electron chi connectivity index (χ0n) is 16.1. The van der Waals surface area contributed by atoms with Crippen LogP contribution in [0.5, 0.6) is 5.88 Å². The molecule has 1 aromatic carbocycles. The van der Waals surface area contributed by atoms with Gasteiger partial charge in [-0.05, 0) is 43.0 Å². The minimum atomic E-state index is -0.285. The van der Waals surface area contributed by atoms with Crippen LogP contribution in [0.15, 0.2) is 30.6 Å². The number of hydrogen-bond donors (Lipinski definition) is 1. The highest BCUT2D eigenvalue weighted by molar-refractivity contribution is 5.78. The Morgan fingerprint density at radius 1 is 1.19 bits per heavy atom. The molecule has 0 amide bonds. The summed E-state index contributed by atoms with van der Waals surface area (Å²) in [5, 5.41) is 3.13. The first-order valence-corrected chi connectivity index (χ1v) is 9.45. The van der Waals surface area contributed by atoms with Gasteiger partial charge in [-0.25, -0.2) is 9.37 Å². The van der Waals surface area contributed by atoms with Crippen molar-refractivity contribution in [2.24, 2.45) is 5.92 Å². The predicted octanol–water partition coefficient (Wildman–Crippen LogP) is 4.93. The van der Waals surface area contributed by atoms with Crippen molar-refractivity contribution in [3.63, 3.8) is 0 Å². The van der Waals surface area contributed by atoms with Crippen LogP contribution < -0.4 is 10.1 Å². The largest absolute Gasteiger partial charge is 0.476 e. The van der Waals surface area contributed by atoms with Crippen molar-refractivity contribution in [1.82, 2.24) is 19.5 Å². The molecule has 0 atom stereocenters. The lowest BCUT2D eigenvalue weighted by molar-refractivity contribution is 0.282. The molecule has 0 saturated carbocycles. The molecule has 1 N–H and O–H groups in total. The number of unbranched alkanes of at least 4 members (excludes halogenated alkanes) is 1. The van der Waals surface area contributed by atoms with Crippen LogP contribution in [0.25, 0.3) is 11.2 Å². The smallest absolute Gasteiger partial charge is 0.247 e. The maximum Gasteiger partial charge on any atom is 0.247 e. The van der Waals surface area contributed by atoms with E-state index in [1.54, 1.807) is 18.5 Å². The van der Waals surface area contributed by atoms with Gasteiger partial charge in [-0.15, -0.1) is 0 Å². The monoisotopic (exact) mass is 371 g/mol. The zero-order valence-corrected chi connectivity index (χ0v) is 16.1. The maximum atomic E-state index is 13.1. The van der Waals surface area contributed by atoms with Gasteiger partial charge in [0.15, 0.2) is 11.2 Å². The van der Waals surface area contributed by atoms with E-state index in [1.807, 2.05) is 4.57 Å². The number of aryl methyl sites for hydroxylation is 1. The van der Waals surface area contributed by atoms with E-state index < -0.39 is 0 Å². The summed E-state index contributed by atoms with van der Waals surface area (Å²) in [6, 6.07) is 6.09. The summed E-state index contributed by atoms with van der Waals surface area (Å²) in [7, 11) is 0. The fraction of sp³-hybridized carbons (Fsp3) is 0.450. The van der Waals surface area contributed by atoms with Crippen LogP contribution >= 0.6 is 0 Å². The molecule has 6 nitrogen and oxygen atoms in total. The van der Waals surface area contributed by atoms with Crippen molar-refractivity contribution in [3.8, 4) is 5.88 Å². The van der Waals surface area contributed by atoms with E-state index in [1.165, 1.54) is 12.1 Å². The topological polar surface area (TPSA) is 64.9 Å². The average molecular weight is 371 g/mol. The fourth-order valence-corrected chi connectivity index (χ4v) is 2.62. The van der Waals surface area contributed by atoms with Gasteiger partial charge in [0.05, 0.1) is 12.9 Å². The Balaban J connectivity index is 1.92. The van der Waals surface area contributed by atoms with E-state index in [4.69, 9.17) is 4.74 Å². The van der Waals surface area contributed by atoms with Crippen LogP contribution in [0.3, 0.4) is 0 Å². The van der Waals surface area contributed by atoms with E-state index in [9.17, 15) is 4.39 Å². The lowest BCUT2D eigenvalue weighted by Crippen LogP contribution is -2.07. The molecule has 0 aliphatic heterocycles. The number of halogens is 1. The van der Waals surface area contributed by atoms with Gasteiger partial charge in [0.2, 0.25) is 11.8 Å². The highest BCUT2D eigenvalue weighted by Gasteiger charge is 2.15. The normalized spacial score (nSPS) is 11.3. The lowest BCUT2D eigenvalue weighted by atomic mass is 10.1. The molecule has 0 bridgehead atoms. The molecule has 0 saturated heterocycles. The second-order valence-electron chi connectivity index (χ2n) is 6.98. The molecule has 2 heterocycles. The molecule has 0 radical (unpaired) electrons. The fourth-order valence-electron chi connectivity index (χ4n) is 2.62. The molecule has 0 unspecified atom stereocenters. The third kappa shape index (κ3) is 4.93. The van der Waals surface area contributed by atoms with Crippen molar-refractivity contribution in [1.29, 1.82) is 0 Å². The van der Waals surface area contributed by atoms with E-state index in [-0.39, 0.29) is 5.82 Å². The number of benzene rings is 1. The quantitative estimate of drug-likeness (QED) is 0.577. The van der Waals surface area contributed by atoms with Crippen molar-refractivity contribution >= 4 is 22.8 Å². The third-order valence-electron chi connectivity index (χ3n) is 4.22. The minimum absolute atomic E-state index is 0.285. The summed E-state index contributed by atoms with van der Waals surface area (Å²) in [4.78, 5) is 13.6. The van der Waals surface area contributed by atoms with Gasteiger partial charge in [0.1, 0.15) is 5.82 Å². The predicted molar refractivity (Wildman–Crippen MR) is 105 cm³/mol. The standard InChI is InChI=1S/C20H26FN5O/c1-4-5-11-26-13-22-17-18(26)24-20(23-16-8-6-15(21)7-9-16)25-19(17)27-12-10-14(2)3/h6-9,13-14H,4-5,10-12H2,1-3H3,(H,23,24,25). The molecule has 3 rings (SSSR count). The average Bonchev–Trinajstić information content (AvgIpc) is 3.05. The molecule has 0 aliphatic carbocycles. The number of aromatic nitrogens is 4. The SMILES string of the molecule is CCCCn1cnc2c(OCCC(C)C)nc(Nc3ccc(F)cc3)nc21. The van der Waals surface area contributed by atoms with E-state index in [0.29, 0.717) is 35.6 Å². The zero-order chi connectivity index (χ0) is 19.2. The molecule has 7 heteroatoms. The molecule has 27 heavy (non-hydrogen) atoms. The van der Waals surface area contributed by atoms with Crippen LogP contribution in [0.4, 0.5) is 16.0 Å². The number of imidazole rings is 1. The van der Waals surface area contributed by atoms with Crippen molar-refractivity contribution < 1.29 is 9.13 Å². The number of nitrogens with one attached hydrogen (secondary N) is 1. The molecule has 2 aromatic heterocycles. The van der Waals surface area contributed by atoms with Crippen LogP contribution in [0, 0.1) is 11.7 Å². The number of hydrogen-bond acceptors (Lipinski definition) is 5. The van der Waals surface area contributed by atoms with Gasteiger partial charge in [0.25, 0.3) is 0 Å². The summed E-state index contributed by atoms with van der Waals surface area (Å²) in [5.41, 5.74) is 2.12. The van der Waals surface area contributed by atoms with Gasteiger partial charge in [-0.1, -0.05) is 27.2 Å². The van der Waals surface area contributed by atoms with Crippen molar-refractivity contribution in [2.45, 2.75) is 46.6 Å². The highest BCUT2D eigenvalue weighted by atomic mass is 19.1. The van der Waals surface area contributed by atoms with Crippen LogP contribution in [-0.4, -0.2) is 26.1 Å². The Morgan fingerprint density at radius 3 is 2.67 bits per heavy atom. The Hall–Kier alpha value is -2.70.